The molecule has 0 bridgehead atoms. The first-order valence-electron chi connectivity index (χ1n) is 6.70. The smallest absolute Gasteiger partial charge is 0.328 e. The van der Waals surface area contributed by atoms with Crippen LogP contribution in [0.5, 0.6) is 5.75 Å². The zero-order valence-electron chi connectivity index (χ0n) is 12.2. The number of primary amides is 1. The van der Waals surface area contributed by atoms with Gasteiger partial charge in [0.15, 0.2) is 5.65 Å². The van der Waals surface area contributed by atoms with Crippen LogP contribution in [0.3, 0.4) is 0 Å². The van der Waals surface area contributed by atoms with E-state index in [0.717, 1.165) is 0 Å². The minimum absolute atomic E-state index is 0.259. The van der Waals surface area contributed by atoms with Crippen LogP contribution in [0, 0.1) is 5.82 Å². The normalized spacial score (nSPS) is 10.9. The van der Waals surface area contributed by atoms with E-state index in [2.05, 4.69) is 9.97 Å². The second-order valence-corrected chi connectivity index (χ2v) is 4.92. The molecule has 0 aliphatic carbocycles. The summed E-state index contributed by atoms with van der Waals surface area (Å²) >= 11 is 0. The van der Waals surface area contributed by atoms with Crippen LogP contribution in [0.2, 0.25) is 0 Å². The van der Waals surface area contributed by atoms with Crippen molar-refractivity contribution in [2.75, 3.05) is 7.11 Å². The van der Waals surface area contributed by atoms with Crippen molar-refractivity contribution in [3.8, 4) is 16.9 Å². The summed E-state index contributed by atoms with van der Waals surface area (Å²) in [6, 6.07) is 5.78. The Labute approximate surface area is 129 Å². The summed E-state index contributed by atoms with van der Waals surface area (Å²) in [6.45, 7) is -0.259. The Morgan fingerprint density at radius 1 is 1.43 bits per heavy atom. The van der Waals surface area contributed by atoms with E-state index >= 15 is 0 Å². The number of nitrogens with zero attached hydrogens (tertiary/aromatic N) is 2. The molecule has 0 saturated carbocycles. The monoisotopic (exact) mass is 316 g/mol. The molecule has 0 saturated heterocycles. The van der Waals surface area contributed by atoms with Crippen molar-refractivity contribution in [2.24, 2.45) is 5.73 Å². The fraction of sp³-hybridized carbons (Fsp3) is 0.133. The molecule has 2 aromatic heterocycles. The minimum Gasteiger partial charge on any atom is -0.496 e. The lowest BCUT2D eigenvalue weighted by molar-refractivity contribution is -0.118. The molecule has 118 valence electrons. The number of nitrogens with two attached hydrogens (primary N) is 1. The molecule has 1 aromatic carbocycles. The Morgan fingerprint density at radius 3 is 2.91 bits per heavy atom. The van der Waals surface area contributed by atoms with Gasteiger partial charge < -0.3 is 10.5 Å². The van der Waals surface area contributed by atoms with Crippen LogP contribution in [0.25, 0.3) is 22.3 Å². The maximum Gasteiger partial charge on any atom is 0.328 e. The van der Waals surface area contributed by atoms with Crippen LogP contribution < -0.4 is 16.2 Å². The number of halogens is 1. The summed E-state index contributed by atoms with van der Waals surface area (Å²) in [5.41, 5.74) is 6.68. The number of benzene rings is 1. The molecule has 0 spiro atoms. The van der Waals surface area contributed by atoms with E-state index in [9.17, 15) is 14.0 Å². The first-order valence-corrected chi connectivity index (χ1v) is 6.70. The van der Waals surface area contributed by atoms with Crippen LogP contribution in [0.1, 0.15) is 0 Å². The maximum atomic E-state index is 13.3. The number of H-pyrrole nitrogens is 1. The predicted octanol–water partition coefficient (Wildman–Crippen LogP) is 1.02. The van der Waals surface area contributed by atoms with Gasteiger partial charge in [0.1, 0.15) is 18.1 Å². The predicted molar refractivity (Wildman–Crippen MR) is 81.5 cm³/mol. The summed E-state index contributed by atoms with van der Waals surface area (Å²) in [4.78, 5) is 29.7. The van der Waals surface area contributed by atoms with Gasteiger partial charge in [-0.2, -0.15) is 0 Å². The number of ether oxygens (including phenoxy) is 1. The molecule has 3 rings (SSSR count). The van der Waals surface area contributed by atoms with E-state index in [-0.39, 0.29) is 6.54 Å². The van der Waals surface area contributed by atoms with Gasteiger partial charge in [-0.1, -0.05) is 0 Å². The topological polar surface area (TPSA) is 103 Å². The van der Waals surface area contributed by atoms with Crippen LogP contribution >= 0.6 is 0 Å². The maximum absolute atomic E-state index is 13.3. The minimum atomic E-state index is -0.641. The summed E-state index contributed by atoms with van der Waals surface area (Å²) in [5, 5.41) is 0. The molecule has 0 aliphatic rings. The van der Waals surface area contributed by atoms with Gasteiger partial charge in [-0.05, 0) is 18.2 Å². The number of rotatable bonds is 4. The average molecular weight is 316 g/mol. The number of amides is 1. The van der Waals surface area contributed by atoms with Gasteiger partial charge in [0.2, 0.25) is 5.91 Å². The quantitative estimate of drug-likeness (QED) is 0.750. The van der Waals surface area contributed by atoms with Gasteiger partial charge in [-0.15, -0.1) is 0 Å². The van der Waals surface area contributed by atoms with Crippen LogP contribution in [-0.4, -0.2) is 27.6 Å². The molecule has 3 aromatic rings. The van der Waals surface area contributed by atoms with Gasteiger partial charge in [0.05, 0.1) is 12.6 Å². The van der Waals surface area contributed by atoms with Crippen LogP contribution in [0.4, 0.5) is 4.39 Å². The number of imidazole rings is 1. The Balaban J connectivity index is 2.20. The number of carbonyl (C=O) groups excluding carboxylic acids is 1. The van der Waals surface area contributed by atoms with Crippen LogP contribution in [0.15, 0.2) is 35.3 Å². The number of pyridine rings is 1. The molecule has 0 aliphatic heterocycles. The summed E-state index contributed by atoms with van der Waals surface area (Å²) in [5.74, 6) is -0.727. The number of hydrogen-bond donors (Lipinski definition) is 2. The third kappa shape index (κ3) is 2.66. The number of hydrogen-bond acceptors (Lipinski definition) is 4. The molecule has 1 amide bonds. The van der Waals surface area contributed by atoms with Gasteiger partial charge in [-0.25, -0.2) is 14.2 Å². The first-order chi connectivity index (χ1) is 11.0. The van der Waals surface area contributed by atoms with E-state index < -0.39 is 17.4 Å². The molecule has 7 nitrogen and oxygen atoms in total. The highest BCUT2D eigenvalue weighted by Crippen LogP contribution is 2.31. The van der Waals surface area contributed by atoms with E-state index in [4.69, 9.17) is 10.5 Å². The summed E-state index contributed by atoms with van der Waals surface area (Å²) in [6.07, 6.45) is 1.53. The van der Waals surface area contributed by atoms with Gasteiger partial charge in [-0.3, -0.25) is 14.3 Å². The molecule has 3 N–H and O–H groups in total. The Kier molecular flexibility index (Phi) is 3.57. The highest BCUT2D eigenvalue weighted by Gasteiger charge is 2.13. The Bertz CT molecular complexity index is 961. The Hall–Kier alpha value is -3.16. The number of fused-ring (bicyclic) bond motifs is 1. The second-order valence-electron chi connectivity index (χ2n) is 4.92. The van der Waals surface area contributed by atoms with Gasteiger partial charge in [0.25, 0.3) is 0 Å². The molecular weight excluding hydrogens is 303 g/mol. The third-order valence-corrected chi connectivity index (χ3v) is 3.42. The molecule has 0 fully saturated rings. The first kappa shape index (κ1) is 14.8. The van der Waals surface area contributed by atoms with E-state index in [1.807, 2.05) is 0 Å². The van der Waals surface area contributed by atoms with Crippen molar-refractivity contribution < 1.29 is 13.9 Å². The van der Waals surface area contributed by atoms with Crippen molar-refractivity contribution in [2.45, 2.75) is 6.54 Å². The number of nitrogens with one attached hydrogen (secondary N) is 1. The van der Waals surface area contributed by atoms with Gasteiger partial charge in [0, 0.05) is 23.4 Å². The molecule has 8 heteroatoms. The Morgan fingerprint density at radius 2 is 2.22 bits per heavy atom. The third-order valence-electron chi connectivity index (χ3n) is 3.42. The van der Waals surface area contributed by atoms with Crippen molar-refractivity contribution in [1.29, 1.82) is 0 Å². The molecule has 0 unspecified atom stereocenters. The van der Waals surface area contributed by atoms with E-state index in [0.29, 0.717) is 28.0 Å². The lowest BCUT2D eigenvalue weighted by atomic mass is 10.1. The lowest BCUT2D eigenvalue weighted by Gasteiger charge is -2.09. The molecule has 2 heterocycles. The average Bonchev–Trinajstić information content (AvgIpc) is 2.82. The summed E-state index contributed by atoms with van der Waals surface area (Å²) in [7, 11) is 1.43. The standard InChI is InChI=1S/C15H13FN4O3/c1-23-12-5-9(16)2-3-10(12)8-4-11-14(18-6-8)19-15(22)20(11)7-13(17)21/h2-6H,7H2,1H3,(H2,17,21)(H,18,19,22). The number of aromatic amines is 1. The SMILES string of the molecule is COc1cc(F)ccc1-c1cnc2[nH]c(=O)n(CC(N)=O)c2c1. The molecule has 0 radical (unpaired) electrons. The zero-order valence-corrected chi connectivity index (χ0v) is 12.2. The molecule has 0 atom stereocenters. The van der Waals surface area contributed by atoms with E-state index in [1.54, 1.807) is 12.1 Å². The van der Waals surface area contributed by atoms with Crippen molar-refractivity contribution in [1.82, 2.24) is 14.5 Å². The zero-order chi connectivity index (χ0) is 16.6. The fourth-order valence-corrected chi connectivity index (χ4v) is 2.40. The van der Waals surface area contributed by atoms with Crippen molar-refractivity contribution in [3.05, 3.63) is 46.8 Å². The van der Waals surface area contributed by atoms with Crippen LogP contribution in [-0.2, 0) is 11.3 Å². The fourth-order valence-electron chi connectivity index (χ4n) is 2.40. The van der Waals surface area contributed by atoms with Crippen molar-refractivity contribution >= 4 is 17.1 Å². The number of aromatic nitrogens is 3. The highest BCUT2D eigenvalue weighted by atomic mass is 19.1. The highest BCUT2D eigenvalue weighted by molar-refractivity contribution is 5.82. The largest absolute Gasteiger partial charge is 0.496 e. The van der Waals surface area contributed by atoms with E-state index in [1.165, 1.54) is 30.0 Å². The number of carbonyl (C=O) groups is 1. The van der Waals surface area contributed by atoms with Gasteiger partial charge >= 0.3 is 5.69 Å². The number of methoxy groups -OCH3 is 1. The molecular formula is C15H13FN4O3. The van der Waals surface area contributed by atoms with Crippen molar-refractivity contribution in [3.63, 3.8) is 0 Å². The lowest BCUT2D eigenvalue weighted by Crippen LogP contribution is -2.26. The second kappa shape index (κ2) is 5.56. The molecule has 23 heavy (non-hydrogen) atoms. The summed E-state index contributed by atoms with van der Waals surface area (Å²) < 4.78 is 19.7.